The summed E-state index contributed by atoms with van der Waals surface area (Å²) in [6.45, 7) is 1.95. The summed E-state index contributed by atoms with van der Waals surface area (Å²) in [5.74, 6) is -0.350. The number of rotatable bonds is 3. The molecule has 94 valence electrons. The van der Waals surface area contributed by atoms with E-state index in [9.17, 15) is 4.39 Å². The Morgan fingerprint density at radius 1 is 1.33 bits per heavy atom. The first-order chi connectivity index (χ1) is 8.63. The zero-order valence-electron chi connectivity index (χ0n) is 10.2. The van der Waals surface area contributed by atoms with Crippen LogP contribution in [0.2, 0.25) is 5.02 Å². The van der Waals surface area contributed by atoms with Crippen molar-refractivity contribution < 1.29 is 4.39 Å². The molecule has 0 aliphatic heterocycles. The van der Waals surface area contributed by atoms with E-state index < -0.39 is 0 Å². The first-order valence-corrected chi connectivity index (χ1v) is 6.04. The van der Waals surface area contributed by atoms with Crippen LogP contribution in [0, 0.1) is 12.7 Å². The molecule has 1 N–H and O–H groups in total. The average molecular weight is 265 g/mol. The maximum absolute atomic E-state index is 13.2. The molecule has 18 heavy (non-hydrogen) atoms. The molecule has 2 nitrogen and oxygen atoms in total. The van der Waals surface area contributed by atoms with Crippen molar-refractivity contribution in [3.63, 3.8) is 0 Å². The topological polar surface area (TPSA) is 24.9 Å². The molecule has 1 heterocycles. The molecule has 0 saturated carbocycles. The van der Waals surface area contributed by atoms with Crippen LogP contribution in [0.3, 0.4) is 0 Å². The van der Waals surface area contributed by atoms with Crippen LogP contribution in [-0.2, 0) is 0 Å². The molecule has 0 fully saturated rings. The number of hydrogen-bond donors (Lipinski definition) is 1. The predicted octanol–water partition coefficient (Wildman–Crippen LogP) is 3.49. The zero-order valence-corrected chi connectivity index (χ0v) is 11.0. The lowest BCUT2D eigenvalue weighted by molar-refractivity contribution is 0.608. The summed E-state index contributed by atoms with van der Waals surface area (Å²) >= 11 is 6.30. The van der Waals surface area contributed by atoms with Crippen molar-refractivity contribution in [1.82, 2.24) is 10.3 Å². The number of aryl methyl sites for hydroxylation is 1. The third-order valence-corrected chi connectivity index (χ3v) is 3.40. The summed E-state index contributed by atoms with van der Waals surface area (Å²) in [6, 6.07) is 7.12. The molecule has 0 bridgehead atoms. The number of nitrogens with one attached hydrogen (secondary N) is 1. The Balaban J connectivity index is 2.49. The normalized spacial score (nSPS) is 12.4. The van der Waals surface area contributed by atoms with Gasteiger partial charge >= 0.3 is 0 Å². The van der Waals surface area contributed by atoms with Gasteiger partial charge in [-0.1, -0.05) is 29.8 Å². The van der Waals surface area contributed by atoms with Crippen molar-refractivity contribution >= 4 is 11.6 Å². The van der Waals surface area contributed by atoms with Gasteiger partial charge in [0, 0.05) is 11.2 Å². The van der Waals surface area contributed by atoms with E-state index in [1.807, 2.05) is 32.2 Å². The summed E-state index contributed by atoms with van der Waals surface area (Å²) in [4.78, 5) is 3.87. The number of nitrogens with zero attached hydrogens (tertiary/aromatic N) is 1. The Hall–Kier alpha value is -1.45. The molecule has 0 aliphatic carbocycles. The van der Waals surface area contributed by atoms with Gasteiger partial charge in [0.15, 0.2) is 0 Å². The molecule has 2 aromatic rings. The molecular weight excluding hydrogens is 251 g/mol. The molecular formula is C14H14ClFN2. The van der Waals surface area contributed by atoms with Gasteiger partial charge in [-0.05, 0) is 36.7 Å². The SMILES string of the molecule is CNC(c1cncc(F)c1)c1cccc(C)c1Cl. The van der Waals surface area contributed by atoms with E-state index in [4.69, 9.17) is 11.6 Å². The van der Waals surface area contributed by atoms with E-state index >= 15 is 0 Å². The second kappa shape index (κ2) is 5.46. The van der Waals surface area contributed by atoms with Crippen molar-refractivity contribution in [1.29, 1.82) is 0 Å². The standard InChI is InChI=1S/C14H14ClFN2/c1-9-4-3-5-12(13(9)15)14(17-2)10-6-11(16)8-18-7-10/h3-8,14,17H,1-2H3. The molecule has 1 aromatic carbocycles. The number of hydrogen-bond acceptors (Lipinski definition) is 2. The quantitative estimate of drug-likeness (QED) is 0.918. The number of benzene rings is 1. The van der Waals surface area contributed by atoms with Crippen LogP contribution in [-0.4, -0.2) is 12.0 Å². The van der Waals surface area contributed by atoms with Gasteiger partial charge in [-0.15, -0.1) is 0 Å². The molecule has 4 heteroatoms. The maximum atomic E-state index is 13.2. The number of halogens is 2. The van der Waals surface area contributed by atoms with Crippen molar-refractivity contribution in [3.8, 4) is 0 Å². The van der Waals surface area contributed by atoms with Crippen LogP contribution in [0.4, 0.5) is 4.39 Å². The third-order valence-electron chi connectivity index (χ3n) is 2.88. The van der Waals surface area contributed by atoms with Crippen LogP contribution in [0.25, 0.3) is 0 Å². The molecule has 1 atom stereocenters. The van der Waals surface area contributed by atoms with Crippen LogP contribution in [0.15, 0.2) is 36.7 Å². The van der Waals surface area contributed by atoms with E-state index in [2.05, 4.69) is 10.3 Å². The van der Waals surface area contributed by atoms with E-state index in [1.54, 1.807) is 6.20 Å². The summed E-state index contributed by atoms with van der Waals surface area (Å²) in [6.07, 6.45) is 2.83. The highest BCUT2D eigenvalue weighted by Crippen LogP contribution is 2.30. The van der Waals surface area contributed by atoms with E-state index in [-0.39, 0.29) is 11.9 Å². The van der Waals surface area contributed by atoms with E-state index in [1.165, 1.54) is 12.3 Å². The first-order valence-electron chi connectivity index (χ1n) is 5.66. The highest BCUT2D eigenvalue weighted by atomic mass is 35.5. The maximum Gasteiger partial charge on any atom is 0.141 e. The lowest BCUT2D eigenvalue weighted by Gasteiger charge is -2.19. The van der Waals surface area contributed by atoms with Crippen molar-refractivity contribution in [2.75, 3.05) is 7.05 Å². The second-order valence-electron chi connectivity index (χ2n) is 4.14. The van der Waals surface area contributed by atoms with Crippen LogP contribution < -0.4 is 5.32 Å². The van der Waals surface area contributed by atoms with Gasteiger partial charge < -0.3 is 5.32 Å². The molecule has 2 rings (SSSR count). The zero-order chi connectivity index (χ0) is 13.1. The summed E-state index contributed by atoms with van der Waals surface area (Å²) in [7, 11) is 1.81. The fraction of sp³-hybridized carbons (Fsp3) is 0.214. The van der Waals surface area contributed by atoms with E-state index in [0.717, 1.165) is 16.7 Å². The third kappa shape index (κ3) is 2.52. The Labute approximate surface area is 111 Å². The van der Waals surface area contributed by atoms with Crippen molar-refractivity contribution in [3.05, 3.63) is 64.2 Å². The Morgan fingerprint density at radius 2 is 2.11 bits per heavy atom. The van der Waals surface area contributed by atoms with Gasteiger partial charge in [0.05, 0.1) is 12.2 Å². The molecule has 0 amide bonds. The first kappa shape index (κ1) is 13.0. The fourth-order valence-corrected chi connectivity index (χ4v) is 2.22. The highest BCUT2D eigenvalue weighted by molar-refractivity contribution is 6.32. The van der Waals surface area contributed by atoms with Crippen LogP contribution in [0.1, 0.15) is 22.7 Å². The molecule has 0 saturated heterocycles. The average Bonchev–Trinajstić information content (AvgIpc) is 2.35. The van der Waals surface area contributed by atoms with Gasteiger partial charge in [0.2, 0.25) is 0 Å². The minimum atomic E-state index is -0.350. The predicted molar refractivity (Wildman–Crippen MR) is 71.3 cm³/mol. The van der Waals surface area contributed by atoms with Crippen LogP contribution >= 0.6 is 11.6 Å². The van der Waals surface area contributed by atoms with Crippen LogP contribution in [0.5, 0.6) is 0 Å². The summed E-state index contributed by atoms with van der Waals surface area (Å²) in [5, 5.41) is 3.83. The van der Waals surface area contributed by atoms with Crippen molar-refractivity contribution in [2.45, 2.75) is 13.0 Å². The smallest absolute Gasteiger partial charge is 0.141 e. The molecule has 1 unspecified atom stereocenters. The Kier molecular flexibility index (Phi) is 3.94. The minimum Gasteiger partial charge on any atom is -0.309 e. The monoisotopic (exact) mass is 264 g/mol. The lowest BCUT2D eigenvalue weighted by atomic mass is 9.98. The molecule has 0 aliphatic rings. The highest BCUT2D eigenvalue weighted by Gasteiger charge is 2.16. The molecule has 0 spiro atoms. The van der Waals surface area contributed by atoms with Gasteiger partial charge in [-0.2, -0.15) is 0 Å². The number of aromatic nitrogens is 1. The summed E-state index contributed by atoms with van der Waals surface area (Å²) < 4.78 is 13.2. The fourth-order valence-electron chi connectivity index (χ4n) is 1.98. The molecule has 0 radical (unpaired) electrons. The largest absolute Gasteiger partial charge is 0.309 e. The van der Waals surface area contributed by atoms with Gasteiger partial charge in [-0.25, -0.2) is 4.39 Å². The van der Waals surface area contributed by atoms with E-state index in [0.29, 0.717) is 5.02 Å². The number of pyridine rings is 1. The Bertz CT molecular complexity index is 557. The minimum absolute atomic E-state index is 0.166. The van der Waals surface area contributed by atoms with Gasteiger partial charge in [0.1, 0.15) is 5.82 Å². The second-order valence-corrected chi connectivity index (χ2v) is 4.51. The van der Waals surface area contributed by atoms with Crippen molar-refractivity contribution in [2.24, 2.45) is 0 Å². The van der Waals surface area contributed by atoms with Gasteiger partial charge in [-0.3, -0.25) is 4.98 Å². The lowest BCUT2D eigenvalue weighted by Crippen LogP contribution is -2.18. The van der Waals surface area contributed by atoms with Gasteiger partial charge in [0.25, 0.3) is 0 Å². The molecule has 1 aromatic heterocycles. The Morgan fingerprint density at radius 3 is 2.78 bits per heavy atom. The summed E-state index contributed by atoms with van der Waals surface area (Å²) in [5.41, 5.74) is 2.68.